The minimum atomic E-state index is 0.0438. The molecular formula is C14H25N3O. The molecule has 1 aliphatic rings. The van der Waals surface area contributed by atoms with E-state index in [4.69, 9.17) is 4.74 Å². The minimum Gasteiger partial charge on any atom is -0.471 e. The fourth-order valence-corrected chi connectivity index (χ4v) is 2.47. The third kappa shape index (κ3) is 3.05. The van der Waals surface area contributed by atoms with Gasteiger partial charge >= 0.3 is 0 Å². The molecule has 0 aliphatic heterocycles. The Labute approximate surface area is 110 Å². The van der Waals surface area contributed by atoms with E-state index in [-0.39, 0.29) is 5.60 Å². The Bertz CT molecular complexity index is 394. The molecule has 1 N–H and O–H groups in total. The molecule has 1 aromatic heterocycles. The summed E-state index contributed by atoms with van der Waals surface area (Å²) in [5.74, 6) is 0.900. The highest BCUT2D eigenvalue weighted by Gasteiger charge is 2.39. The molecule has 0 unspecified atom stereocenters. The SMILES string of the molecule is Cc1cc(OC2(CCNC(C)C)CCC2)n(C)n1. The van der Waals surface area contributed by atoms with Gasteiger partial charge in [0, 0.05) is 19.2 Å². The van der Waals surface area contributed by atoms with Crippen LogP contribution in [0.2, 0.25) is 0 Å². The number of aryl methyl sites for hydroxylation is 2. The Balaban J connectivity index is 1.93. The van der Waals surface area contributed by atoms with Crippen LogP contribution >= 0.6 is 0 Å². The molecule has 0 radical (unpaired) electrons. The van der Waals surface area contributed by atoms with Gasteiger partial charge in [0.05, 0.1) is 5.69 Å². The van der Waals surface area contributed by atoms with Crippen molar-refractivity contribution < 1.29 is 4.74 Å². The van der Waals surface area contributed by atoms with E-state index in [1.54, 1.807) is 0 Å². The van der Waals surface area contributed by atoms with Gasteiger partial charge in [0.25, 0.3) is 0 Å². The zero-order chi connectivity index (χ0) is 13.2. The lowest BCUT2D eigenvalue weighted by atomic mass is 9.77. The first-order chi connectivity index (χ1) is 8.51. The molecule has 18 heavy (non-hydrogen) atoms. The van der Waals surface area contributed by atoms with Crippen molar-refractivity contribution in [3.05, 3.63) is 11.8 Å². The van der Waals surface area contributed by atoms with Gasteiger partial charge in [0.1, 0.15) is 5.60 Å². The van der Waals surface area contributed by atoms with E-state index in [1.807, 2.05) is 24.7 Å². The normalized spacial score (nSPS) is 17.8. The van der Waals surface area contributed by atoms with Gasteiger partial charge < -0.3 is 10.1 Å². The molecule has 0 amide bonds. The lowest BCUT2D eigenvalue weighted by Crippen LogP contribution is -2.46. The smallest absolute Gasteiger partial charge is 0.212 e. The van der Waals surface area contributed by atoms with Crippen molar-refractivity contribution >= 4 is 0 Å². The van der Waals surface area contributed by atoms with Crippen LogP contribution in [0.4, 0.5) is 0 Å². The third-order valence-corrected chi connectivity index (χ3v) is 3.68. The van der Waals surface area contributed by atoms with Gasteiger partial charge in [-0.15, -0.1) is 0 Å². The molecule has 1 fully saturated rings. The number of rotatable bonds is 6. The first-order valence-corrected chi connectivity index (χ1v) is 6.94. The van der Waals surface area contributed by atoms with Gasteiger partial charge in [-0.25, -0.2) is 4.68 Å². The van der Waals surface area contributed by atoms with E-state index in [0.717, 1.165) is 37.4 Å². The van der Waals surface area contributed by atoms with Crippen molar-refractivity contribution in [1.82, 2.24) is 15.1 Å². The number of hydrogen-bond acceptors (Lipinski definition) is 3. The summed E-state index contributed by atoms with van der Waals surface area (Å²) in [4.78, 5) is 0. The van der Waals surface area contributed by atoms with E-state index in [0.29, 0.717) is 6.04 Å². The van der Waals surface area contributed by atoms with E-state index < -0.39 is 0 Å². The zero-order valence-electron chi connectivity index (χ0n) is 12.0. The van der Waals surface area contributed by atoms with Gasteiger partial charge in [-0.3, -0.25) is 0 Å². The van der Waals surface area contributed by atoms with E-state index >= 15 is 0 Å². The molecule has 2 rings (SSSR count). The van der Waals surface area contributed by atoms with E-state index in [1.165, 1.54) is 6.42 Å². The van der Waals surface area contributed by atoms with Crippen LogP contribution in [0.1, 0.15) is 45.2 Å². The second kappa shape index (κ2) is 5.31. The predicted molar refractivity (Wildman–Crippen MR) is 72.9 cm³/mol. The zero-order valence-corrected chi connectivity index (χ0v) is 12.0. The molecule has 1 aliphatic carbocycles. The summed E-state index contributed by atoms with van der Waals surface area (Å²) < 4.78 is 8.07. The first kappa shape index (κ1) is 13.4. The maximum Gasteiger partial charge on any atom is 0.212 e. The van der Waals surface area contributed by atoms with E-state index in [2.05, 4.69) is 24.3 Å². The molecular weight excluding hydrogens is 226 g/mol. The fraction of sp³-hybridized carbons (Fsp3) is 0.786. The van der Waals surface area contributed by atoms with Gasteiger partial charge in [-0.2, -0.15) is 5.10 Å². The molecule has 102 valence electrons. The Morgan fingerprint density at radius 3 is 2.67 bits per heavy atom. The summed E-state index contributed by atoms with van der Waals surface area (Å²) in [5.41, 5.74) is 1.06. The number of aromatic nitrogens is 2. The third-order valence-electron chi connectivity index (χ3n) is 3.68. The lowest BCUT2D eigenvalue weighted by molar-refractivity contribution is -0.0212. The van der Waals surface area contributed by atoms with Gasteiger partial charge in [0.2, 0.25) is 5.88 Å². The molecule has 0 bridgehead atoms. The summed E-state index contributed by atoms with van der Waals surface area (Å²) in [6, 6.07) is 2.57. The molecule has 0 saturated heterocycles. The van der Waals surface area contributed by atoms with Gasteiger partial charge in [0.15, 0.2) is 0 Å². The Kier molecular flexibility index (Phi) is 3.95. The Morgan fingerprint density at radius 2 is 2.22 bits per heavy atom. The molecule has 1 aromatic rings. The van der Waals surface area contributed by atoms with Crippen LogP contribution in [0, 0.1) is 6.92 Å². The number of nitrogens with one attached hydrogen (secondary N) is 1. The quantitative estimate of drug-likeness (QED) is 0.844. The highest BCUT2D eigenvalue weighted by Crippen LogP contribution is 2.39. The number of ether oxygens (including phenoxy) is 1. The minimum absolute atomic E-state index is 0.0438. The molecule has 4 nitrogen and oxygen atoms in total. The highest BCUT2D eigenvalue weighted by molar-refractivity contribution is 5.16. The lowest BCUT2D eigenvalue weighted by Gasteiger charge is -2.42. The average molecular weight is 251 g/mol. The van der Waals surface area contributed by atoms with Crippen LogP contribution < -0.4 is 10.1 Å². The van der Waals surface area contributed by atoms with Crippen LogP contribution in [0.5, 0.6) is 5.88 Å². The van der Waals surface area contributed by atoms with Crippen LogP contribution in [0.3, 0.4) is 0 Å². The summed E-state index contributed by atoms with van der Waals surface area (Å²) in [6.45, 7) is 7.38. The Morgan fingerprint density at radius 1 is 1.50 bits per heavy atom. The van der Waals surface area contributed by atoms with Crippen LogP contribution in [-0.2, 0) is 7.05 Å². The molecule has 0 atom stereocenters. The van der Waals surface area contributed by atoms with Crippen molar-refractivity contribution in [2.75, 3.05) is 6.54 Å². The number of nitrogens with zero attached hydrogens (tertiary/aromatic N) is 2. The largest absolute Gasteiger partial charge is 0.471 e. The standard InChI is InChI=1S/C14H25N3O/c1-11(2)15-9-8-14(6-5-7-14)18-13-10-12(3)16-17(13)4/h10-11,15H,5-9H2,1-4H3. The van der Waals surface area contributed by atoms with Gasteiger partial charge in [-0.05, 0) is 39.2 Å². The van der Waals surface area contributed by atoms with Crippen molar-refractivity contribution in [2.24, 2.45) is 7.05 Å². The Hall–Kier alpha value is -1.03. The van der Waals surface area contributed by atoms with Crippen LogP contribution in [0.15, 0.2) is 6.07 Å². The van der Waals surface area contributed by atoms with E-state index in [9.17, 15) is 0 Å². The topological polar surface area (TPSA) is 39.1 Å². The molecule has 1 saturated carbocycles. The highest BCUT2D eigenvalue weighted by atomic mass is 16.5. The average Bonchev–Trinajstić information content (AvgIpc) is 2.53. The monoisotopic (exact) mass is 251 g/mol. The van der Waals surface area contributed by atoms with Crippen molar-refractivity contribution in [3.63, 3.8) is 0 Å². The summed E-state index contributed by atoms with van der Waals surface area (Å²) in [5, 5.41) is 7.81. The van der Waals surface area contributed by atoms with Crippen LogP contribution in [-0.4, -0.2) is 28.0 Å². The molecule has 1 heterocycles. The summed E-state index contributed by atoms with van der Waals surface area (Å²) >= 11 is 0. The summed E-state index contributed by atoms with van der Waals surface area (Å²) in [7, 11) is 1.95. The van der Waals surface area contributed by atoms with Crippen molar-refractivity contribution in [3.8, 4) is 5.88 Å². The second-order valence-corrected chi connectivity index (χ2v) is 5.75. The predicted octanol–water partition coefficient (Wildman–Crippen LogP) is 2.42. The second-order valence-electron chi connectivity index (χ2n) is 5.75. The van der Waals surface area contributed by atoms with Crippen LogP contribution in [0.25, 0.3) is 0 Å². The van der Waals surface area contributed by atoms with Crippen molar-refractivity contribution in [2.45, 2.75) is 58.1 Å². The maximum absolute atomic E-state index is 6.23. The summed E-state index contributed by atoms with van der Waals surface area (Å²) in [6.07, 6.45) is 4.68. The molecule has 0 spiro atoms. The van der Waals surface area contributed by atoms with Gasteiger partial charge in [-0.1, -0.05) is 13.8 Å². The maximum atomic E-state index is 6.23. The fourth-order valence-electron chi connectivity index (χ4n) is 2.47. The first-order valence-electron chi connectivity index (χ1n) is 6.94. The van der Waals surface area contributed by atoms with Crippen molar-refractivity contribution in [1.29, 1.82) is 0 Å². The number of hydrogen-bond donors (Lipinski definition) is 1. The molecule has 4 heteroatoms. The molecule has 0 aromatic carbocycles.